The molecular formula is C32H55N5O20. The summed E-state index contributed by atoms with van der Waals surface area (Å²) in [5, 5.41) is 104. The summed E-state index contributed by atoms with van der Waals surface area (Å²) in [6.07, 6.45) is -26.4. The molecule has 4 aliphatic heterocycles. The highest BCUT2D eigenvalue weighted by atomic mass is 16.7. The Morgan fingerprint density at radius 1 is 0.491 bits per heavy atom. The third-order valence-corrected chi connectivity index (χ3v) is 9.86. The molecule has 4 aliphatic rings. The number of nitrogens with one attached hydrogen (secondary N) is 4. The number of carbonyl (C=O) groups is 4. The highest BCUT2D eigenvalue weighted by molar-refractivity contribution is 5.74. The zero-order valence-electron chi connectivity index (χ0n) is 31.5. The van der Waals surface area contributed by atoms with Crippen molar-refractivity contribution in [2.45, 2.75) is 150 Å². The first-order valence-electron chi connectivity index (χ1n) is 18.1. The average Bonchev–Trinajstić information content (AvgIpc) is 3.14. The largest absolute Gasteiger partial charge is 0.394 e. The number of hydrogen-bond acceptors (Lipinski definition) is 21. The Morgan fingerprint density at radius 3 is 1.19 bits per heavy atom. The van der Waals surface area contributed by atoms with Gasteiger partial charge in [0.2, 0.25) is 23.6 Å². The van der Waals surface area contributed by atoms with Crippen LogP contribution in [-0.4, -0.2) is 219 Å². The summed E-state index contributed by atoms with van der Waals surface area (Å²) in [7, 11) is 0. The molecule has 4 fully saturated rings. The van der Waals surface area contributed by atoms with E-state index in [0.717, 1.165) is 27.7 Å². The summed E-state index contributed by atoms with van der Waals surface area (Å²) in [6.45, 7) is 1.26. The van der Waals surface area contributed by atoms with Crippen molar-refractivity contribution in [1.29, 1.82) is 0 Å². The highest BCUT2D eigenvalue weighted by Crippen LogP contribution is 2.34. The van der Waals surface area contributed by atoms with E-state index in [1.807, 2.05) is 0 Å². The smallest absolute Gasteiger partial charge is 0.217 e. The van der Waals surface area contributed by atoms with Gasteiger partial charge in [0.25, 0.3) is 0 Å². The Hall–Kier alpha value is -2.80. The van der Waals surface area contributed by atoms with Crippen LogP contribution in [0.1, 0.15) is 27.7 Å². The topological polar surface area (TPSA) is 389 Å². The Labute approximate surface area is 325 Å². The standard InChI is InChI=1S/C32H55N5O20/c1-9(41)34-17-24(48)21(45)13(5-38)53-30(17)51-8-16-27(56-31-18(35-10(2)42)25(49)22(46)14(6-39)54-31)28(20(29(33)52-16)37-12(4)44)57-32-19(36-11(3)43)26(50)23(47)15(7-40)55-32/h13-32,38-40,45-50H,5-8,33H2,1-4H3,(H,34,41)(H,35,42)(H,36,43)(H,37,44)/t13-,14-,15-,16-,17-,18-,19-,20-,21-,22-,23-,24-,25-,26-,27-,28-,29-,30-,31+,32+/m1/s1. The summed E-state index contributed by atoms with van der Waals surface area (Å²) in [6, 6.07) is -5.96. The van der Waals surface area contributed by atoms with Crippen molar-refractivity contribution < 1.29 is 98.3 Å². The average molecular weight is 830 g/mol. The van der Waals surface area contributed by atoms with Gasteiger partial charge in [-0.05, 0) is 0 Å². The van der Waals surface area contributed by atoms with E-state index in [0.29, 0.717) is 0 Å². The van der Waals surface area contributed by atoms with Crippen molar-refractivity contribution in [2.24, 2.45) is 5.73 Å². The molecule has 0 aromatic heterocycles. The minimum absolute atomic E-state index is 0.665. The second kappa shape index (κ2) is 20.4. The molecule has 4 rings (SSSR count). The lowest BCUT2D eigenvalue weighted by Gasteiger charge is -2.51. The maximum absolute atomic E-state index is 12.6. The van der Waals surface area contributed by atoms with E-state index < -0.39 is 173 Å². The molecule has 328 valence electrons. The first-order valence-corrected chi connectivity index (χ1v) is 18.1. The SMILES string of the molecule is CC(=O)N[C@@H]1[C@@H](O[C@@H]2O[C@H](CO)[C@@H](O)[C@H](O)[C@H]2NC(C)=O)[C@H](O[C@@H]2O[C@H](CO)[C@@H](O)[C@H](O)[C@H]2NC(C)=O)[C@@H](CO[C@@H]2O[C@H](CO)[C@@H](O)[C@H](O)[C@H]2NC(C)=O)O[C@H]1N. The molecule has 0 aliphatic carbocycles. The first-order chi connectivity index (χ1) is 26.8. The van der Waals surface area contributed by atoms with Crippen LogP contribution in [0.3, 0.4) is 0 Å². The summed E-state index contributed by atoms with van der Waals surface area (Å²) in [4.78, 5) is 49.2. The molecule has 4 amide bonds. The summed E-state index contributed by atoms with van der Waals surface area (Å²) >= 11 is 0. The second-order valence-corrected chi connectivity index (χ2v) is 14.2. The lowest BCUT2D eigenvalue weighted by atomic mass is 9.93. The van der Waals surface area contributed by atoms with Crippen LogP contribution in [-0.2, 0) is 52.3 Å². The molecule has 57 heavy (non-hydrogen) atoms. The molecule has 25 heteroatoms. The van der Waals surface area contributed by atoms with E-state index in [-0.39, 0.29) is 0 Å². The van der Waals surface area contributed by atoms with E-state index in [9.17, 15) is 65.1 Å². The Kier molecular flexibility index (Phi) is 16.8. The fourth-order valence-corrected chi connectivity index (χ4v) is 7.11. The monoisotopic (exact) mass is 829 g/mol. The van der Waals surface area contributed by atoms with Crippen molar-refractivity contribution in [3.05, 3.63) is 0 Å². The normalized spacial score (nSPS) is 43.8. The molecule has 0 spiro atoms. The van der Waals surface area contributed by atoms with Gasteiger partial charge in [-0.3, -0.25) is 19.2 Å². The number of nitrogens with two attached hydrogens (primary N) is 1. The number of ether oxygens (including phenoxy) is 7. The fraction of sp³-hybridized carbons (Fsp3) is 0.875. The minimum atomic E-state index is -1.82. The molecule has 0 radical (unpaired) electrons. The lowest BCUT2D eigenvalue weighted by Crippen LogP contribution is -2.72. The number of aliphatic hydroxyl groups excluding tert-OH is 9. The Bertz CT molecular complexity index is 1370. The van der Waals surface area contributed by atoms with Crippen LogP contribution >= 0.6 is 0 Å². The molecule has 4 heterocycles. The van der Waals surface area contributed by atoms with Gasteiger partial charge in [-0.25, -0.2) is 0 Å². The number of aliphatic hydroxyl groups is 9. The molecule has 0 aromatic carbocycles. The molecule has 4 saturated heterocycles. The van der Waals surface area contributed by atoms with Crippen LogP contribution in [0.2, 0.25) is 0 Å². The third kappa shape index (κ3) is 11.1. The highest BCUT2D eigenvalue weighted by Gasteiger charge is 2.55. The molecular weight excluding hydrogens is 774 g/mol. The van der Waals surface area contributed by atoms with Gasteiger partial charge in [-0.15, -0.1) is 0 Å². The maximum Gasteiger partial charge on any atom is 0.217 e. The second-order valence-electron chi connectivity index (χ2n) is 14.2. The third-order valence-electron chi connectivity index (χ3n) is 9.86. The predicted molar refractivity (Wildman–Crippen MR) is 182 cm³/mol. The van der Waals surface area contributed by atoms with Crippen LogP contribution < -0.4 is 27.0 Å². The van der Waals surface area contributed by atoms with Gasteiger partial charge in [0.1, 0.15) is 97.6 Å². The van der Waals surface area contributed by atoms with Gasteiger partial charge in [-0.2, -0.15) is 0 Å². The first kappa shape index (κ1) is 46.9. The molecule has 0 bridgehead atoms. The van der Waals surface area contributed by atoms with Gasteiger partial charge in [0.15, 0.2) is 18.9 Å². The van der Waals surface area contributed by atoms with Gasteiger partial charge >= 0.3 is 0 Å². The van der Waals surface area contributed by atoms with E-state index in [4.69, 9.17) is 38.9 Å². The van der Waals surface area contributed by atoms with Gasteiger partial charge in [0.05, 0.1) is 32.5 Å². The number of hydrogen-bond donors (Lipinski definition) is 14. The summed E-state index contributed by atoms with van der Waals surface area (Å²) < 4.78 is 41.9. The molecule has 25 nitrogen and oxygen atoms in total. The summed E-state index contributed by atoms with van der Waals surface area (Å²) in [5.74, 6) is -2.78. The summed E-state index contributed by atoms with van der Waals surface area (Å²) in [5.41, 5.74) is 6.43. The van der Waals surface area contributed by atoms with Crippen LogP contribution in [0.5, 0.6) is 0 Å². The quantitative estimate of drug-likeness (QED) is 0.0773. The number of amides is 4. The van der Waals surface area contributed by atoms with Crippen molar-refractivity contribution in [3.8, 4) is 0 Å². The zero-order valence-corrected chi connectivity index (χ0v) is 31.5. The maximum atomic E-state index is 12.6. The van der Waals surface area contributed by atoms with Gasteiger partial charge in [0, 0.05) is 27.7 Å². The van der Waals surface area contributed by atoms with E-state index in [1.165, 1.54) is 0 Å². The predicted octanol–water partition coefficient (Wildman–Crippen LogP) is -9.21. The lowest BCUT2D eigenvalue weighted by molar-refractivity contribution is -0.348. The van der Waals surface area contributed by atoms with E-state index in [2.05, 4.69) is 21.3 Å². The number of carbonyl (C=O) groups excluding carboxylic acids is 4. The van der Waals surface area contributed by atoms with Gasteiger partial charge < -0.3 is 106 Å². The molecule has 20 atom stereocenters. The fourth-order valence-electron chi connectivity index (χ4n) is 7.11. The van der Waals surface area contributed by atoms with Crippen LogP contribution in [0.15, 0.2) is 0 Å². The van der Waals surface area contributed by atoms with E-state index >= 15 is 0 Å². The molecule has 15 N–H and O–H groups in total. The van der Waals surface area contributed by atoms with Crippen molar-refractivity contribution in [3.63, 3.8) is 0 Å². The van der Waals surface area contributed by atoms with Crippen LogP contribution in [0.25, 0.3) is 0 Å². The van der Waals surface area contributed by atoms with E-state index in [1.54, 1.807) is 0 Å². The molecule has 0 unspecified atom stereocenters. The van der Waals surface area contributed by atoms with Crippen molar-refractivity contribution in [1.82, 2.24) is 21.3 Å². The van der Waals surface area contributed by atoms with Crippen molar-refractivity contribution >= 4 is 23.6 Å². The van der Waals surface area contributed by atoms with Crippen LogP contribution in [0, 0.1) is 0 Å². The number of rotatable bonds is 14. The molecule has 0 saturated carbocycles. The van der Waals surface area contributed by atoms with Crippen LogP contribution in [0.4, 0.5) is 0 Å². The zero-order chi connectivity index (χ0) is 42.5. The Balaban J connectivity index is 1.81. The Morgan fingerprint density at radius 2 is 0.825 bits per heavy atom. The molecule has 0 aromatic rings. The van der Waals surface area contributed by atoms with Gasteiger partial charge in [-0.1, -0.05) is 0 Å². The van der Waals surface area contributed by atoms with Crippen molar-refractivity contribution in [2.75, 3.05) is 26.4 Å². The minimum Gasteiger partial charge on any atom is -0.394 e.